The van der Waals surface area contributed by atoms with E-state index in [1.54, 1.807) is 20.0 Å². The van der Waals surface area contributed by atoms with Crippen molar-refractivity contribution < 1.29 is 4.79 Å². The van der Waals surface area contributed by atoms with Crippen LogP contribution in [0.3, 0.4) is 0 Å². The molecule has 1 saturated heterocycles. The molecule has 1 aromatic rings. The van der Waals surface area contributed by atoms with E-state index >= 15 is 0 Å². The van der Waals surface area contributed by atoms with Gasteiger partial charge in [0.05, 0.1) is 0 Å². The highest BCUT2D eigenvalue weighted by atomic mass is 35.5. The molecule has 0 saturated carbocycles. The van der Waals surface area contributed by atoms with E-state index in [1.165, 1.54) is 0 Å². The number of hydrogen-bond acceptors (Lipinski definition) is 6. The molecule has 1 amide bonds. The predicted octanol–water partition coefficient (Wildman–Crippen LogP) is 0.345. The lowest BCUT2D eigenvalue weighted by molar-refractivity contribution is -0.129. The Morgan fingerprint density at radius 1 is 1.32 bits per heavy atom. The van der Waals surface area contributed by atoms with Gasteiger partial charge in [-0.15, -0.1) is 0 Å². The second-order valence-corrected chi connectivity index (χ2v) is 4.63. The van der Waals surface area contributed by atoms with E-state index in [2.05, 4.69) is 25.7 Å². The van der Waals surface area contributed by atoms with Crippen molar-refractivity contribution in [3.63, 3.8) is 0 Å². The van der Waals surface area contributed by atoms with E-state index in [0.717, 1.165) is 18.9 Å². The minimum Gasteiger partial charge on any atom is -0.353 e. The Balaban J connectivity index is 2.08. The van der Waals surface area contributed by atoms with Crippen LogP contribution in [-0.4, -0.2) is 54.0 Å². The number of carbonyl (C=O) groups is 1. The van der Waals surface area contributed by atoms with Crippen molar-refractivity contribution in [3.8, 4) is 0 Å². The first-order valence-electron chi connectivity index (χ1n) is 6.08. The molecule has 0 spiro atoms. The van der Waals surface area contributed by atoms with Gasteiger partial charge < -0.3 is 9.80 Å². The molecular weight excluding hydrogens is 268 g/mol. The number of rotatable bonds is 3. The summed E-state index contributed by atoms with van der Waals surface area (Å²) < 4.78 is 0. The molecule has 1 aliphatic rings. The number of anilines is 2. The van der Waals surface area contributed by atoms with Gasteiger partial charge in [0, 0.05) is 46.2 Å². The van der Waals surface area contributed by atoms with Crippen molar-refractivity contribution in [1.29, 1.82) is 0 Å². The fraction of sp³-hybridized carbons (Fsp3) is 0.545. The van der Waals surface area contributed by atoms with E-state index in [9.17, 15) is 4.79 Å². The van der Waals surface area contributed by atoms with E-state index in [0.29, 0.717) is 24.2 Å². The molecule has 0 atom stereocenters. The third kappa shape index (κ3) is 3.45. The van der Waals surface area contributed by atoms with Crippen LogP contribution in [-0.2, 0) is 4.79 Å². The smallest absolute Gasteiger partial charge is 0.240 e. The Kier molecular flexibility index (Phi) is 4.39. The first kappa shape index (κ1) is 13.8. The van der Waals surface area contributed by atoms with Crippen molar-refractivity contribution in [1.82, 2.24) is 20.3 Å². The summed E-state index contributed by atoms with van der Waals surface area (Å²) in [5, 5.41) is 0.386. The van der Waals surface area contributed by atoms with Crippen LogP contribution < -0.4 is 15.8 Å². The monoisotopic (exact) mass is 284 g/mol. The summed E-state index contributed by atoms with van der Waals surface area (Å²) in [5.41, 5.74) is 5.57. The maximum atomic E-state index is 11.3. The average Bonchev–Trinajstić information content (AvgIpc) is 2.38. The molecule has 0 aromatic carbocycles. The number of nitrogens with one attached hydrogen (secondary N) is 2. The Hall–Kier alpha value is -1.60. The Morgan fingerprint density at radius 2 is 2.00 bits per heavy atom. The molecule has 19 heavy (non-hydrogen) atoms. The van der Waals surface area contributed by atoms with Gasteiger partial charge in [0.15, 0.2) is 0 Å². The van der Waals surface area contributed by atoms with Crippen molar-refractivity contribution in [2.75, 3.05) is 43.6 Å². The van der Waals surface area contributed by atoms with E-state index in [1.807, 2.05) is 4.90 Å². The minimum atomic E-state index is 0.109. The summed E-state index contributed by atoms with van der Waals surface area (Å²) in [4.78, 5) is 23.6. The van der Waals surface area contributed by atoms with Crippen LogP contribution in [0.4, 0.5) is 11.8 Å². The number of hydrazine groups is 1. The van der Waals surface area contributed by atoms with Gasteiger partial charge in [-0.3, -0.25) is 10.2 Å². The summed E-state index contributed by atoms with van der Waals surface area (Å²) in [5.74, 6) is 1.30. The standard InChI is InChI=1S/C11H17ClN6O/c1-8(19)17-3-5-18(6-4-17)10-7-9(12)14-11(15-10)16-13-2/h7,13H,3-6H2,1-2H3,(H,14,15,16). The molecule has 2 N–H and O–H groups in total. The molecule has 1 aromatic heterocycles. The number of aromatic nitrogens is 2. The molecular formula is C11H17ClN6O. The van der Waals surface area contributed by atoms with E-state index in [-0.39, 0.29) is 5.91 Å². The Bertz CT molecular complexity index is 460. The quantitative estimate of drug-likeness (QED) is 0.616. The predicted molar refractivity (Wildman–Crippen MR) is 74.2 cm³/mol. The highest BCUT2D eigenvalue weighted by Crippen LogP contribution is 2.19. The summed E-state index contributed by atoms with van der Waals surface area (Å²) >= 11 is 5.97. The largest absolute Gasteiger partial charge is 0.353 e. The summed E-state index contributed by atoms with van der Waals surface area (Å²) in [6.45, 7) is 4.47. The highest BCUT2D eigenvalue weighted by molar-refractivity contribution is 6.29. The molecule has 7 nitrogen and oxygen atoms in total. The van der Waals surface area contributed by atoms with Gasteiger partial charge in [-0.1, -0.05) is 11.6 Å². The topological polar surface area (TPSA) is 73.4 Å². The molecule has 0 radical (unpaired) electrons. The van der Waals surface area contributed by atoms with Gasteiger partial charge in [0.1, 0.15) is 11.0 Å². The molecule has 1 aliphatic heterocycles. The zero-order chi connectivity index (χ0) is 13.8. The van der Waals surface area contributed by atoms with Crippen molar-refractivity contribution in [2.45, 2.75) is 6.92 Å². The van der Waals surface area contributed by atoms with Gasteiger partial charge >= 0.3 is 0 Å². The van der Waals surface area contributed by atoms with E-state index < -0.39 is 0 Å². The lowest BCUT2D eigenvalue weighted by Gasteiger charge is -2.34. The Morgan fingerprint density at radius 3 is 2.58 bits per heavy atom. The first-order valence-corrected chi connectivity index (χ1v) is 6.45. The number of hydrogen-bond donors (Lipinski definition) is 2. The van der Waals surface area contributed by atoms with Gasteiger partial charge in [-0.05, 0) is 0 Å². The average molecular weight is 285 g/mol. The summed E-state index contributed by atoms with van der Waals surface area (Å²) in [7, 11) is 1.73. The van der Waals surface area contributed by atoms with Crippen molar-refractivity contribution in [3.05, 3.63) is 11.2 Å². The normalized spacial score (nSPS) is 15.5. The zero-order valence-corrected chi connectivity index (χ0v) is 11.7. The summed E-state index contributed by atoms with van der Waals surface area (Å²) in [6.07, 6.45) is 0. The Labute approximate surface area is 116 Å². The van der Waals surface area contributed by atoms with Gasteiger partial charge in [0.25, 0.3) is 0 Å². The van der Waals surface area contributed by atoms with Crippen LogP contribution in [0.15, 0.2) is 6.07 Å². The molecule has 0 bridgehead atoms. The third-order valence-electron chi connectivity index (χ3n) is 2.97. The first-order chi connectivity index (χ1) is 9.10. The lowest BCUT2D eigenvalue weighted by atomic mass is 10.3. The molecule has 1 fully saturated rings. The van der Waals surface area contributed by atoms with Gasteiger partial charge in [-0.2, -0.15) is 9.97 Å². The van der Waals surface area contributed by atoms with Crippen LogP contribution in [0.5, 0.6) is 0 Å². The molecule has 0 unspecified atom stereocenters. The number of piperazine rings is 1. The highest BCUT2D eigenvalue weighted by Gasteiger charge is 2.20. The SMILES string of the molecule is CNNc1nc(Cl)cc(N2CCN(C(C)=O)CC2)n1. The zero-order valence-electron chi connectivity index (χ0n) is 11.0. The second kappa shape index (κ2) is 6.03. The molecule has 104 valence electrons. The van der Waals surface area contributed by atoms with Crippen LogP contribution in [0, 0.1) is 0 Å². The third-order valence-corrected chi connectivity index (χ3v) is 3.16. The number of amides is 1. The maximum absolute atomic E-state index is 11.3. The van der Waals surface area contributed by atoms with Crippen molar-refractivity contribution >= 4 is 29.3 Å². The van der Waals surface area contributed by atoms with Gasteiger partial charge in [-0.25, -0.2) is 5.43 Å². The molecule has 2 heterocycles. The second-order valence-electron chi connectivity index (χ2n) is 4.24. The van der Waals surface area contributed by atoms with Crippen LogP contribution in [0.25, 0.3) is 0 Å². The number of nitrogens with zero attached hydrogens (tertiary/aromatic N) is 4. The maximum Gasteiger partial charge on any atom is 0.240 e. The van der Waals surface area contributed by atoms with Crippen LogP contribution in [0.1, 0.15) is 6.92 Å². The van der Waals surface area contributed by atoms with Crippen molar-refractivity contribution in [2.24, 2.45) is 0 Å². The van der Waals surface area contributed by atoms with Gasteiger partial charge in [0.2, 0.25) is 11.9 Å². The van der Waals surface area contributed by atoms with Crippen LogP contribution in [0.2, 0.25) is 5.15 Å². The number of carbonyl (C=O) groups excluding carboxylic acids is 1. The molecule has 8 heteroatoms. The fourth-order valence-electron chi connectivity index (χ4n) is 1.99. The lowest BCUT2D eigenvalue weighted by Crippen LogP contribution is -2.48. The number of halogens is 1. The molecule has 2 rings (SSSR count). The minimum absolute atomic E-state index is 0.109. The molecule has 0 aliphatic carbocycles. The van der Waals surface area contributed by atoms with E-state index in [4.69, 9.17) is 11.6 Å². The fourth-order valence-corrected chi connectivity index (χ4v) is 2.16. The summed E-state index contributed by atoms with van der Waals surface area (Å²) in [6, 6.07) is 1.73. The van der Waals surface area contributed by atoms with Crippen LogP contribution >= 0.6 is 11.6 Å².